The Kier molecular flexibility index (Phi) is 64.9. The van der Waals surface area contributed by atoms with Crippen LogP contribution in [0.25, 0.3) is 0 Å². The van der Waals surface area contributed by atoms with Gasteiger partial charge in [-0.1, -0.05) is 330 Å². The van der Waals surface area contributed by atoms with E-state index in [1.165, 1.54) is 199 Å². The Labute approximate surface area is 562 Å². The first kappa shape index (κ1) is 90.1. The first-order valence-corrected chi connectivity index (χ1v) is 41.2. The number of phosphoric acid groups is 2. The molecule has 3 N–H and O–H groups in total. The minimum atomic E-state index is -4.95. The molecule has 6 atom stereocenters. The molecule has 92 heavy (non-hydrogen) atoms. The molecule has 19 heteroatoms. The van der Waals surface area contributed by atoms with E-state index in [-0.39, 0.29) is 25.7 Å². The number of phosphoric ester groups is 2. The summed E-state index contributed by atoms with van der Waals surface area (Å²) in [5.74, 6) is -1.31. The molecule has 3 unspecified atom stereocenters. The van der Waals surface area contributed by atoms with Crippen LogP contribution in [0.3, 0.4) is 0 Å². The smallest absolute Gasteiger partial charge is 0.462 e. The van der Waals surface area contributed by atoms with Crippen LogP contribution in [0.1, 0.15) is 381 Å². The third kappa shape index (κ3) is 65.4. The van der Waals surface area contributed by atoms with Gasteiger partial charge in [0, 0.05) is 25.7 Å². The second kappa shape index (κ2) is 66.3. The molecule has 0 saturated heterocycles. The highest BCUT2D eigenvalue weighted by Gasteiger charge is 2.30. The summed E-state index contributed by atoms with van der Waals surface area (Å²) in [6.07, 6.45) is 54.2. The lowest BCUT2D eigenvalue weighted by Gasteiger charge is -2.21. The molecule has 17 nitrogen and oxygen atoms in total. The molecule has 0 amide bonds. The van der Waals surface area contributed by atoms with Crippen molar-refractivity contribution in [3.63, 3.8) is 0 Å². The van der Waals surface area contributed by atoms with E-state index in [0.717, 1.165) is 102 Å². The normalized spacial score (nSPS) is 14.3. The quantitative estimate of drug-likeness (QED) is 0.0222. The maximum absolute atomic E-state index is 13.1. The van der Waals surface area contributed by atoms with Crippen LogP contribution in [0, 0.1) is 5.92 Å². The van der Waals surface area contributed by atoms with Crippen LogP contribution in [0.15, 0.2) is 0 Å². The third-order valence-corrected chi connectivity index (χ3v) is 19.3. The van der Waals surface area contributed by atoms with Crippen LogP contribution in [-0.4, -0.2) is 96.7 Å². The molecule has 0 aromatic heterocycles. The Morgan fingerprint density at radius 2 is 0.522 bits per heavy atom. The van der Waals surface area contributed by atoms with Crippen LogP contribution in [-0.2, 0) is 65.4 Å². The number of aliphatic hydroxyl groups excluding tert-OH is 1. The zero-order chi connectivity index (χ0) is 67.7. The third-order valence-electron chi connectivity index (χ3n) is 17.4. The highest BCUT2D eigenvalue weighted by Crippen LogP contribution is 2.45. The monoisotopic (exact) mass is 1350 g/mol. The van der Waals surface area contributed by atoms with Gasteiger partial charge in [0.05, 0.1) is 26.4 Å². The van der Waals surface area contributed by atoms with Gasteiger partial charge >= 0.3 is 39.5 Å². The van der Waals surface area contributed by atoms with Gasteiger partial charge < -0.3 is 33.8 Å². The lowest BCUT2D eigenvalue weighted by atomic mass is 9.99. The van der Waals surface area contributed by atoms with Gasteiger partial charge in [0.2, 0.25) is 0 Å². The number of rotatable bonds is 73. The summed E-state index contributed by atoms with van der Waals surface area (Å²) >= 11 is 0. The van der Waals surface area contributed by atoms with Crippen molar-refractivity contribution in [1.29, 1.82) is 0 Å². The standard InChI is InChI=1S/C73H142O17P2/c1-6-10-13-16-19-22-24-25-26-27-28-29-30-31-32-33-39-44-49-54-59-73(78)90-69(63-84-71(76)57-52-47-42-38-35-34-36-40-45-50-55-66(5)9-4)65-88-92(81,82)86-61-67(74)60-85-91(79,80)87-64-68(62-83-70(75)56-51-46-41-21-18-15-12-8-3)89-72(77)58-53-48-43-37-23-20-17-14-11-7-2/h66-69,74H,6-65H2,1-5H3,(H,79,80)(H,81,82)/t66?,67-,68+,69+/m0/s1. The van der Waals surface area contributed by atoms with Crippen molar-refractivity contribution in [3.8, 4) is 0 Å². The Morgan fingerprint density at radius 3 is 0.772 bits per heavy atom. The summed E-state index contributed by atoms with van der Waals surface area (Å²) in [5.41, 5.74) is 0. The van der Waals surface area contributed by atoms with Gasteiger partial charge in [0.25, 0.3) is 0 Å². The number of carbonyl (C=O) groups excluding carboxylic acids is 4. The molecule has 0 heterocycles. The van der Waals surface area contributed by atoms with Crippen molar-refractivity contribution in [2.75, 3.05) is 39.6 Å². The zero-order valence-corrected chi connectivity index (χ0v) is 61.5. The van der Waals surface area contributed by atoms with Gasteiger partial charge in [-0.3, -0.25) is 37.3 Å². The number of ether oxygens (including phenoxy) is 4. The van der Waals surface area contributed by atoms with Gasteiger partial charge in [-0.15, -0.1) is 0 Å². The van der Waals surface area contributed by atoms with E-state index < -0.39 is 97.5 Å². The van der Waals surface area contributed by atoms with Crippen LogP contribution in [0.4, 0.5) is 0 Å². The maximum Gasteiger partial charge on any atom is 0.472 e. The lowest BCUT2D eigenvalue weighted by Crippen LogP contribution is -2.30. The molecule has 0 aromatic carbocycles. The molecule has 0 saturated carbocycles. The molecular formula is C73H142O17P2. The van der Waals surface area contributed by atoms with Gasteiger partial charge in [-0.05, 0) is 31.6 Å². The Hall–Kier alpha value is -1.94. The van der Waals surface area contributed by atoms with Crippen LogP contribution >= 0.6 is 15.6 Å². The highest BCUT2D eigenvalue weighted by molar-refractivity contribution is 7.47. The number of aliphatic hydroxyl groups is 1. The summed E-state index contributed by atoms with van der Waals surface area (Å²) in [4.78, 5) is 72.5. The van der Waals surface area contributed by atoms with E-state index in [2.05, 4.69) is 34.6 Å². The van der Waals surface area contributed by atoms with E-state index >= 15 is 0 Å². The fourth-order valence-electron chi connectivity index (χ4n) is 11.1. The molecule has 0 radical (unpaired) electrons. The average molecular weight is 1350 g/mol. The zero-order valence-electron chi connectivity index (χ0n) is 59.7. The fraction of sp³-hybridized carbons (Fsp3) is 0.945. The predicted molar refractivity (Wildman–Crippen MR) is 372 cm³/mol. The second-order valence-corrected chi connectivity index (χ2v) is 29.5. The fourth-order valence-corrected chi connectivity index (χ4v) is 12.7. The lowest BCUT2D eigenvalue weighted by molar-refractivity contribution is -0.161. The van der Waals surface area contributed by atoms with E-state index in [0.29, 0.717) is 25.7 Å². The van der Waals surface area contributed by atoms with Crippen LogP contribution in [0.2, 0.25) is 0 Å². The maximum atomic E-state index is 13.1. The van der Waals surface area contributed by atoms with Gasteiger partial charge in [-0.2, -0.15) is 0 Å². The molecule has 0 rings (SSSR count). The van der Waals surface area contributed by atoms with Gasteiger partial charge in [0.15, 0.2) is 12.2 Å². The molecular weight excluding hydrogens is 1210 g/mol. The molecule has 0 spiro atoms. The summed E-state index contributed by atoms with van der Waals surface area (Å²) in [5, 5.41) is 10.6. The Bertz CT molecular complexity index is 1770. The summed E-state index contributed by atoms with van der Waals surface area (Å²) in [7, 11) is -9.90. The van der Waals surface area contributed by atoms with E-state index in [9.17, 15) is 43.2 Å². The van der Waals surface area contributed by atoms with Crippen LogP contribution in [0.5, 0.6) is 0 Å². The van der Waals surface area contributed by atoms with Crippen molar-refractivity contribution in [1.82, 2.24) is 0 Å². The van der Waals surface area contributed by atoms with Crippen molar-refractivity contribution in [2.45, 2.75) is 400 Å². The molecule has 0 aliphatic rings. The minimum Gasteiger partial charge on any atom is -0.462 e. The number of hydrogen-bond acceptors (Lipinski definition) is 15. The van der Waals surface area contributed by atoms with Crippen LogP contribution < -0.4 is 0 Å². The van der Waals surface area contributed by atoms with Crippen molar-refractivity contribution >= 4 is 39.5 Å². The van der Waals surface area contributed by atoms with Crippen molar-refractivity contribution < 1.29 is 80.2 Å². The van der Waals surface area contributed by atoms with Gasteiger partial charge in [-0.25, -0.2) is 9.13 Å². The number of esters is 4. The van der Waals surface area contributed by atoms with E-state index in [1.807, 2.05) is 0 Å². The number of carbonyl (C=O) groups is 4. The first-order chi connectivity index (χ1) is 44.6. The molecule has 0 bridgehead atoms. The van der Waals surface area contributed by atoms with Crippen molar-refractivity contribution in [2.24, 2.45) is 5.92 Å². The predicted octanol–water partition coefficient (Wildman–Crippen LogP) is 21.3. The highest BCUT2D eigenvalue weighted by atomic mass is 31.2. The molecule has 546 valence electrons. The molecule has 0 aliphatic heterocycles. The SMILES string of the molecule is CCCCCCCCCCCCCCCCCCCCCCC(=O)O[C@H](COC(=O)CCCCCCCCCCCCC(C)CC)COP(=O)(O)OC[C@@H](O)COP(=O)(O)OC[C@@H](COC(=O)CCCCCCCCCC)OC(=O)CCCCCCCCCCCC. The molecule has 0 aliphatic carbocycles. The molecule has 0 aromatic rings. The topological polar surface area (TPSA) is 237 Å². The van der Waals surface area contributed by atoms with E-state index in [4.69, 9.17) is 37.0 Å². The summed E-state index contributed by atoms with van der Waals surface area (Å²) in [6, 6.07) is 0. The Balaban J connectivity index is 5.18. The van der Waals surface area contributed by atoms with Gasteiger partial charge in [0.1, 0.15) is 19.3 Å². The second-order valence-electron chi connectivity index (χ2n) is 26.6. The first-order valence-electron chi connectivity index (χ1n) is 38.2. The summed E-state index contributed by atoms with van der Waals surface area (Å²) < 4.78 is 68.3. The molecule has 0 fully saturated rings. The Morgan fingerprint density at radius 1 is 0.304 bits per heavy atom. The summed E-state index contributed by atoms with van der Waals surface area (Å²) in [6.45, 7) is 7.26. The number of unbranched alkanes of at least 4 members (excludes halogenated alkanes) is 44. The van der Waals surface area contributed by atoms with E-state index in [1.54, 1.807) is 0 Å². The average Bonchev–Trinajstić information content (AvgIpc) is 1.97. The number of hydrogen-bond donors (Lipinski definition) is 3. The minimum absolute atomic E-state index is 0.106. The van der Waals surface area contributed by atoms with Crippen molar-refractivity contribution in [3.05, 3.63) is 0 Å². The largest absolute Gasteiger partial charge is 0.472 e.